The molecule has 3 aromatic carbocycles. The fourth-order valence-corrected chi connectivity index (χ4v) is 3.18. The van der Waals surface area contributed by atoms with Gasteiger partial charge in [-0.15, -0.1) is 0 Å². The summed E-state index contributed by atoms with van der Waals surface area (Å²) in [5, 5.41) is 0. The number of amides is 1. The first-order chi connectivity index (χ1) is 12.6. The zero-order valence-electron chi connectivity index (χ0n) is 14.1. The third kappa shape index (κ3) is 4.11. The molecule has 3 rings (SSSR count). The molecule has 1 amide bonds. The average molecular weight is 457 g/mol. The van der Waals surface area contributed by atoms with E-state index in [0.717, 1.165) is 9.26 Å². The number of esters is 1. The van der Waals surface area contributed by atoms with E-state index in [2.05, 4.69) is 22.6 Å². The molecule has 0 saturated heterocycles. The number of hydrogen-bond donors (Lipinski definition) is 0. The summed E-state index contributed by atoms with van der Waals surface area (Å²) in [4.78, 5) is 26.3. The van der Waals surface area contributed by atoms with E-state index in [9.17, 15) is 9.59 Å². The Bertz CT molecular complexity index is 924. The van der Waals surface area contributed by atoms with Gasteiger partial charge in [-0.1, -0.05) is 30.3 Å². The highest BCUT2D eigenvalue weighted by Crippen LogP contribution is 2.23. The predicted molar refractivity (Wildman–Crippen MR) is 110 cm³/mol. The van der Waals surface area contributed by atoms with Crippen LogP contribution in [0.3, 0.4) is 0 Å². The van der Waals surface area contributed by atoms with Gasteiger partial charge in [0.1, 0.15) is 5.75 Å². The van der Waals surface area contributed by atoms with Gasteiger partial charge in [-0.05, 0) is 71.1 Å². The van der Waals surface area contributed by atoms with E-state index in [4.69, 9.17) is 4.74 Å². The van der Waals surface area contributed by atoms with E-state index in [0.29, 0.717) is 16.9 Å². The van der Waals surface area contributed by atoms with Crippen molar-refractivity contribution >= 4 is 40.2 Å². The van der Waals surface area contributed by atoms with Crippen LogP contribution in [0.15, 0.2) is 78.9 Å². The largest absolute Gasteiger partial charge is 0.423 e. The van der Waals surface area contributed by atoms with Gasteiger partial charge in [0.25, 0.3) is 5.91 Å². The molecular formula is C21H16INO3. The van der Waals surface area contributed by atoms with Crippen molar-refractivity contribution < 1.29 is 14.3 Å². The normalized spacial score (nSPS) is 10.2. The van der Waals surface area contributed by atoms with Crippen LogP contribution in [0.5, 0.6) is 5.75 Å². The molecule has 130 valence electrons. The Morgan fingerprint density at radius 2 is 1.42 bits per heavy atom. The Morgan fingerprint density at radius 3 is 2.08 bits per heavy atom. The maximum atomic E-state index is 12.7. The average Bonchev–Trinajstić information content (AvgIpc) is 2.68. The molecule has 0 aromatic heterocycles. The quantitative estimate of drug-likeness (QED) is 0.322. The number of rotatable bonds is 4. The number of hydrogen-bond acceptors (Lipinski definition) is 3. The number of nitrogens with zero attached hydrogens (tertiary/aromatic N) is 1. The first-order valence-corrected chi connectivity index (χ1v) is 9.04. The van der Waals surface area contributed by atoms with Crippen molar-refractivity contribution in [3.8, 4) is 5.75 Å². The van der Waals surface area contributed by atoms with Crippen LogP contribution in [0.4, 0.5) is 5.69 Å². The highest BCUT2D eigenvalue weighted by atomic mass is 127. The van der Waals surface area contributed by atoms with Crippen LogP contribution in [0.25, 0.3) is 0 Å². The highest BCUT2D eigenvalue weighted by Gasteiger charge is 2.16. The van der Waals surface area contributed by atoms with E-state index < -0.39 is 5.97 Å². The maximum Gasteiger partial charge on any atom is 0.343 e. The fourth-order valence-electron chi connectivity index (χ4n) is 2.43. The summed E-state index contributed by atoms with van der Waals surface area (Å²) in [6.45, 7) is 0. The summed E-state index contributed by atoms with van der Waals surface area (Å²) in [5.74, 6) is -0.164. The first-order valence-electron chi connectivity index (χ1n) is 7.96. The summed E-state index contributed by atoms with van der Waals surface area (Å²) in [6.07, 6.45) is 0. The Kier molecular flexibility index (Phi) is 5.68. The smallest absolute Gasteiger partial charge is 0.343 e. The summed E-state index contributed by atoms with van der Waals surface area (Å²) < 4.78 is 6.33. The highest BCUT2D eigenvalue weighted by molar-refractivity contribution is 14.1. The molecule has 0 atom stereocenters. The van der Waals surface area contributed by atoms with Crippen LogP contribution in [0.1, 0.15) is 20.7 Å². The van der Waals surface area contributed by atoms with Crippen LogP contribution in [-0.4, -0.2) is 18.9 Å². The van der Waals surface area contributed by atoms with Crippen LogP contribution in [0, 0.1) is 3.57 Å². The molecule has 0 aliphatic heterocycles. The second kappa shape index (κ2) is 8.14. The molecule has 0 aliphatic carbocycles. The Hall–Kier alpha value is -2.67. The molecule has 0 aliphatic rings. The first kappa shape index (κ1) is 18.1. The van der Waals surface area contributed by atoms with E-state index in [1.165, 1.54) is 0 Å². The summed E-state index contributed by atoms with van der Waals surface area (Å²) in [7, 11) is 1.74. The number of carbonyl (C=O) groups excluding carboxylic acids is 2. The number of carbonyl (C=O) groups is 2. The lowest BCUT2D eigenvalue weighted by Gasteiger charge is -2.19. The van der Waals surface area contributed by atoms with Crippen LogP contribution in [0.2, 0.25) is 0 Å². The molecule has 0 heterocycles. The summed E-state index contributed by atoms with van der Waals surface area (Å²) in [6, 6.07) is 23.0. The van der Waals surface area contributed by atoms with Crippen molar-refractivity contribution in [1.82, 2.24) is 0 Å². The standard InChI is InChI=1S/C21H16INO3/c1-23(19-10-6-5-9-18(19)22)20(24)15-11-13-17(14-12-15)26-21(25)16-7-3-2-4-8-16/h2-14H,1H3. The van der Waals surface area contributed by atoms with Gasteiger partial charge in [0, 0.05) is 16.2 Å². The van der Waals surface area contributed by atoms with Crippen molar-refractivity contribution in [3.05, 3.63) is 93.6 Å². The molecule has 4 nitrogen and oxygen atoms in total. The molecule has 0 unspecified atom stereocenters. The maximum absolute atomic E-state index is 12.7. The second-order valence-corrected chi connectivity index (χ2v) is 6.76. The van der Waals surface area contributed by atoms with Crippen molar-refractivity contribution in [3.63, 3.8) is 0 Å². The van der Waals surface area contributed by atoms with Crippen molar-refractivity contribution in [2.24, 2.45) is 0 Å². The molecule has 0 fully saturated rings. The fraction of sp³-hybridized carbons (Fsp3) is 0.0476. The van der Waals surface area contributed by atoms with E-state index in [1.807, 2.05) is 30.3 Å². The second-order valence-electron chi connectivity index (χ2n) is 5.60. The van der Waals surface area contributed by atoms with Gasteiger partial charge in [0.2, 0.25) is 0 Å². The van der Waals surface area contributed by atoms with Gasteiger partial charge < -0.3 is 9.64 Å². The lowest BCUT2D eigenvalue weighted by atomic mass is 10.1. The van der Waals surface area contributed by atoms with Gasteiger partial charge in [0.05, 0.1) is 11.3 Å². The molecule has 0 radical (unpaired) electrons. The van der Waals surface area contributed by atoms with Crippen LogP contribution >= 0.6 is 22.6 Å². The Morgan fingerprint density at radius 1 is 0.808 bits per heavy atom. The molecule has 0 saturated carbocycles. The number of anilines is 1. The zero-order valence-corrected chi connectivity index (χ0v) is 16.2. The van der Waals surface area contributed by atoms with Crippen molar-refractivity contribution in [2.75, 3.05) is 11.9 Å². The minimum Gasteiger partial charge on any atom is -0.423 e. The minimum absolute atomic E-state index is 0.130. The van der Waals surface area contributed by atoms with E-state index in [1.54, 1.807) is 60.5 Å². The molecule has 26 heavy (non-hydrogen) atoms. The minimum atomic E-state index is -0.430. The molecule has 3 aromatic rings. The van der Waals surface area contributed by atoms with Crippen LogP contribution < -0.4 is 9.64 Å². The predicted octanol–water partition coefficient (Wildman–Crippen LogP) is 4.79. The van der Waals surface area contributed by atoms with Gasteiger partial charge in [-0.25, -0.2) is 4.79 Å². The zero-order chi connectivity index (χ0) is 18.5. The summed E-state index contributed by atoms with van der Waals surface area (Å²) in [5.41, 5.74) is 1.84. The lowest BCUT2D eigenvalue weighted by molar-refractivity contribution is 0.0734. The molecule has 0 bridgehead atoms. The van der Waals surface area contributed by atoms with Gasteiger partial charge >= 0.3 is 5.97 Å². The monoisotopic (exact) mass is 457 g/mol. The topological polar surface area (TPSA) is 46.6 Å². The third-order valence-corrected chi connectivity index (χ3v) is 4.75. The number of para-hydroxylation sites is 1. The van der Waals surface area contributed by atoms with E-state index in [-0.39, 0.29) is 5.91 Å². The third-order valence-electron chi connectivity index (χ3n) is 3.84. The SMILES string of the molecule is CN(C(=O)c1ccc(OC(=O)c2ccccc2)cc1)c1ccccc1I. The molecular weight excluding hydrogens is 441 g/mol. The number of halogens is 1. The number of benzene rings is 3. The van der Waals surface area contributed by atoms with Gasteiger partial charge in [0.15, 0.2) is 0 Å². The van der Waals surface area contributed by atoms with Crippen LogP contribution in [-0.2, 0) is 0 Å². The van der Waals surface area contributed by atoms with Crippen molar-refractivity contribution in [2.45, 2.75) is 0 Å². The molecule has 0 N–H and O–H groups in total. The van der Waals surface area contributed by atoms with Gasteiger partial charge in [-0.3, -0.25) is 4.79 Å². The van der Waals surface area contributed by atoms with E-state index >= 15 is 0 Å². The Labute approximate surface area is 165 Å². The van der Waals surface area contributed by atoms with Crippen molar-refractivity contribution in [1.29, 1.82) is 0 Å². The lowest BCUT2D eigenvalue weighted by Crippen LogP contribution is -2.26. The molecule has 5 heteroatoms. The number of ether oxygens (including phenoxy) is 1. The van der Waals surface area contributed by atoms with Gasteiger partial charge in [-0.2, -0.15) is 0 Å². The Balaban J connectivity index is 1.72. The molecule has 0 spiro atoms. The summed E-state index contributed by atoms with van der Waals surface area (Å²) >= 11 is 2.20.